The second kappa shape index (κ2) is 4.26. The molecule has 0 radical (unpaired) electrons. The fourth-order valence-corrected chi connectivity index (χ4v) is 1.07. The second-order valence-electron chi connectivity index (χ2n) is 2.84. The summed E-state index contributed by atoms with van der Waals surface area (Å²) in [6.45, 7) is -0.298. The second-order valence-corrected chi connectivity index (χ2v) is 2.84. The normalized spacial score (nSPS) is 12.6. The summed E-state index contributed by atoms with van der Waals surface area (Å²) in [5.41, 5.74) is 5.86. The Labute approximate surface area is 80.7 Å². The van der Waals surface area contributed by atoms with E-state index in [0.717, 1.165) is 6.07 Å². The van der Waals surface area contributed by atoms with Gasteiger partial charge in [0.2, 0.25) is 0 Å². The standard InChI is InChI=1S/C9H12FNO3/c1-14-8-3-5(7(11)4-12)2-6(10)9(8)13/h2-3,7,12-13H,4,11H2,1H3/t7-/m0/s1. The first-order chi connectivity index (χ1) is 6.60. The Morgan fingerprint density at radius 2 is 2.21 bits per heavy atom. The minimum atomic E-state index is -0.816. The van der Waals surface area contributed by atoms with Gasteiger partial charge in [-0.05, 0) is 17.7 Å². The fourth-order valence-electron chi connectivity index (χ4n) is 1.07. The Balaban J connectivity index is 3.16. The predicted molar refractivity (Wildman–Crippen MR) is 48.6 cm³/mol. The number of phenolic OH excluding ortho intramolecular Hbond substituents is 1. The minimum Gasteiger partial charge on any atom is -0.502 e. The molecule has 1 aromatic carbocycles. The van der Waals surface area contributed by atoms with E-state index in [2.05, 4.69) is 0 Å². The highest BCUT2D eigenvalue weighted by molar-refractivity contribution is 5.43. The van der Waals surface area contributed by atoms with Crippen molar-refractivity contribution in [1.29, 1.82) is 0 Å². The first-order valence-electron chi connectivity index (χ1n) is 4.03. The number of benzene rings is 1. The third-order valence-corrected chi connectivity index (χ3v) is 1.90. The number of aromatic hydroxyl groups is 1. The molecule has 0 aromatic heterocycles. The van der Waals surface area contributed by atoms with Crippen molar-refractivity contribution in [2.45, 2.75) is 6.04 Å². The molecule has 0 aliphatic rings. The summed E-state index contributed by atoms with van der Waals surface area (Å²) in [7, 11) is 1.31. The van der Waals surface area contributed by atoms with E-state index in [-0.39, 0.29) is 12.4 Å². The number of rotatable bonds is 3. The Bertz CT molecular complexity index is 330. The molecule has 4 N–H and O–H groups in total. The van der Waals surface area contributed by atoms with Gasteiger partial charge in [-0.3, -0.25) is 0 Å². The van der Waals surface area contributed by atoms with Crippen LogP contribution >= 0.6 is 0 Å². The maximum Gasteiger partial charge on any atom is 0.194 e. The van der Waals surface area contributed by atoms with Crippen molar-refractivity contribution in [3.8, 4) is 11.5 Å². The van der Waals surface area contributed by atoms with Gasteiger partial charge in [0.15, 0.2) is 17.3 Å². The number of methoxy groups -OCH3 is 1. The third kappa shape index (κ3) is 1.94. The molecule has 1 atom stereocenters. The van der Waals surface area contributed by atoms with Crippen LogP contribution < -0.4 is 10.5 Å². The number of nitrogens with two attached hydrogens (primary N) is 1. The highest BCUT2D eigenvalue weighted by Gasteiger charge is 2.13. The van der Waals surface area contributed by atoms with Crippen molar-refractivity contribution in [2.24, 2.45) is 5.73 Å². The van der Waals surface area contributed by atoms with Gasteiger partial charge in [-0.15, -0.1) is 0 Å². The lowest BCUT2D eigenvalue weighted by Crippen LogP contribution is -2.14. The van der Waals surface area contributed by atoms with Crippen LogP contribution in [0.5, 0.6) is 11.5 Å². The van der Waals surface area contributed by atoms with Crippen molar-refractivity contribution < 1.29 is 19.3 Å². The smallest absolute Gasteiger partial charge is 0.194 e. The van der Waals surface area contributed by atoms with Crippen LogP contribution in [0, 0.1) is 5.82 Å². The summed E-state index contributed by atoms with van der Waals surface area (Å²) in [5, 5.41) is 17.9. The molecule has 4 nitrogen and oxygen atoms in total. The number of aliphatic hydroxyl groups excluding tert-OH is 1. The van der Waals surface area contributed by atoms with E-state index in [0.29, 0.717) is 5.56 Å². The van der Waals surface area contributed by atoms with Crippen LogP contribution in [0.25, 0.3) is 0 Å². The van der Waals surface area contributed by atoms with E-state index in [1.807, 2.05) is 0 Å². The summed E-state index contributed by atoms with van der Waals surface area (Å²) < 4.78 is 17.8. The monoisotopic (exact) mass is 201 g/mol. The first kappa shape index (κ1) is 10.7. The molecule has 0 unspecified atom stereocenters. The topological polar surface area (TPSA) is 75.7 Å². The van der Waals surface area contributed by atoms with Crippen LogP contribution in [0.4, 0.5) is 4.39 Å². The summed E-state index contributed by atoms with van der Waals surface area (Å²) in [4.78, 5) is 0. The van der Waals surface area contributed by atoms with Crippen molar-refractivity contribution in [2.75, 3.05) is 13.7 Å². The van der Waals surface area contributed by atoms with Crippen LogP contribution in [0.1, 0.15) is 11.6 Å². The van der Waals surface area contributed by atoms with Crippen LogP contribution in [0.2, 0.25) is 0 Å². The Morgan fingerprint density at radius 1 is 1.57 bits per heavy atom. The molecule has 1 rings (SSSR count). The van der Waals surface area contributed by atoms with Crippen molar-refractivity contribution in [1.82, 2.24) is 0 Å². The van der Waals surface area contributed by atoms with Gasteiger partial charge in [-0.25, -0.2) is 4.39 Å². The molecule has 0 amide bonds. The molecule has 0 fully saturated rings. The maximum atomic E-state index is 13.1. The third-order valence-electron chi connectivity index (χ3n) is 1.90. The van der Waals surface area contributed by atoms with Crippen molar-refractivity contribution >= 4 is 0 Å². The van der Waals surface area contributed by atoms with Gasteiger partial charge in [0.25, 0.3) is 0 Å². The predicted octanol–water partition coefficient (Wildman–Crippen LogP) is 0.532. The molecule has 0 aliphatic heterocycles. The number of halogens is 1. The zero-order valence-corrected chi connectivity index (χ0v) is 7.70. The highest BCUT2D eigenvalue weighted by atomic mass is 19.1. The maximum absolute atomic E-state index is 13.1. The molecule has 0 spiro atoms. The average Bonchev–Trinajstić information content (AvgIpc) is 2.20. The van der Waals surface area contributed by atoms with Crippen molar-refractivity contribution in [3.63, 3.8) is 0 Å². The number of hydrogen-bond acceptors (Lipinski definition) is 4. The van der Waals surface area contributed by atoms with Crippen LogP contribution in [0.3, 0.4) is 0 Å². The fraction of sp³-hybridized carbons (Fsp3) is 0.333. The lowest BCUT2D eigenvalue weighted by atomic mass is 10.1. The van der Waals surface area contributed by atoms with E-state index < -0.39 is 17.6 Å². The van der Waals surface area contributed by atoms with E-state index in [9.17, 15) is 9.50 Å². The number of phenols is 1. The van der Waals surface area contributed by atoms with Gasteiger partial charge in [0.1, 0.15) is 0 Å². The van der Waals surface area contributed by atoms with E-state index in [1.54, 1.807) is 0 Å². The first-order valence-corrected chi connectivity index (χ1v) is 4.03. The Hall–Kier alpha value is -1.33. The van der Waals surface area contributed by atoms with Crippen LogP contribution in [-0.2, 0) is 0 Å². The molecule has 0 saturated carbocycles. The van der Waals surface area contributed by atoms with E-state index >= 15 is 0 Å². The molecule has 0 aliphatic carbocycles. The summed E-state index contributed by atoms with van der Waals surface area (Å²) in [6.07, 6.45) is 0. The number of ether oxygens (including phenoxy) is 1. The summed E-state index contributed by atoms with van der Waals surface area (Å²) in [6, 6.07) is 1.77. The van der Waals surface area contributed by atoms with Crippen LogP contribution in [-0.4, -0.2) is 23.9 Å². The number of aliphatic hydroxyl groups is 1. The minimum absolute atomic E-state index is 0.00361. The lowest BCUT2D eigenvalue weighted by molar-refractivity contribution is 0.267. The molecular weight excluding hydrogens is 189 g/mol. The van der Waals surface area contributed by atoms with Gasteiger partial charge in [0, 0.05) is 0 Å². The van der Waals surface area contributed by atoms with Gasteiger partial charge < -0.3 is 20.7 Å². The summed E-state index contributed by atoms with van der Waals surface area (Å²) in [5.74, 6) is -1.37. The van der Waals surface area contributed by atoms with Gasteiger partial charge in [-0.1, -0.05) is 0 Å². The molecule has 14 heavy (non-hydrogen) atoms. The molecule has 0 bridgehead atoms. The molecular formula is C9H12FNO3. The van der Waals surface area contributed by atoms with Gasteiger partial charge >= 0.3 is 0 Å². The average molecular weight is 201 g/mol. The lowest BCUT2D eigenvalue weighted by Gasteiger charge is -2.11. The quantitative estimate of drug-likeness (QED) is 0.666. The van der Waals surface area contributed by atoms with Gasteiger partial charge in [0.05, 0.1) is 19.8 Å². The van der Waals surface area contributed by atoms with Crippen LogP contribution in [0.15, 0.2) is 12.1 Å². The molecule has 1 aromatic rings. The SMILES string of the molecule is COc1cc([C@@H](N)CO)cc(F)c1O. The zero-order valence-electron chi connectivity index (χ0n) is 7.70. The van der Waals surface area contributed by atoms with E-state index in [1.165, 1.54) is 13.2 Å². The highest BCUT2D eigenvalue weighted by Crippen LogP contribution is 2.31. The number of hydrogen-bond donors (Lipinski definition) is 3. The summed E-state index contributed by atoms with van der Waals surface area (Å²) >= 11 is 0. The zero-order chi connectivity index (χ0) is 10.7. The Kier molecular flexibility index (Phi) is 3.27. The largest absolute Gasteiger partial charge is 0.502 e. The molecule has 78 valence electrons. The Morgan fingerprint density at radius 3 is 2.71 bits per heavy atom. The molecule has 0 saturated heterocycles. The van der Waals surface area contributed by atoms with Gasteiger partial charge in [-0.2, -0.15) is 0 Å². The van der Waals surface area contributed by atoms with E-state index in [4.69, 9.17) is 15.6 Å². The van der Waals surface area contributed by atoms with Crippen molar-refractivity contribution in [3.05, 3.63) is 23.5 Å². The molecule has 5 heteroatoms. The molecule has 0 heterocycles.